The number of amides is 2. The SMILES string of the molecule is CC(C)(C)c1ccc(/C=N/NC(=O)CC(=O)NCc2ccccc2)cc1. The fourth-order valence-electron chi connectivity index (χ4n) is 2.29. The lowest BCUT2D eigenvalue weighted by Crippen LogP contribution is -2.29. The first kappa shape index (κ1) is 19.4. The van der Waals surface area contributed by atoms with Crippen molar-refractivity contribution >= 4 is 18.0 Å². The maximum Gasteiger partial charge on any atom is 0.249 e. The molecule has 2 aromatic carbocycles. The van der Waals surface area contributed by atoms with Crippen molar-refractivity contribution in [1.29, 1.82) is 0 Å². The standard InChI is InChI=1S/C21H25N3O2/c1-21(2,3)18-11-9-17(10-12-18)15-23-24-20(26)13-19(25)22-14-16-7-5-4-6-8-16/h4-12,15H,13-14H2,1-3H3,(H,22,25)(H,24,26)/b23-15+. The second kappa shape index (κ2) is 8.94. The second-order valence-corrected chi connectivity index (χ2v) is 7.10. The number of rotatable bonds is 6. The van der Waals surface area contributed by atoms with E-state index in [1.165, 1.54) is 5.56 Å². The van der Waals surface area contributed by atoms with Crippen LogP contribution in [-0.2, 0) is 21.5 Å². The second-order valence-electron chi connectivity index (χ2n) is 7.10. The van der Waals surface area contributed by atoms with Gasteiger partial charge in [0.25, 0.3) is 0 Å². The Morgan fingerprint density at radius 2 is 1.62 bits per heavy atom. The molecule has 5 heteroatoms. The van der Waals surface area contributed by atoms with Gasteiger partial charge in [-0.25, -0.2) is 5.43 Å². The lowest BCUT2D eigenvalue weighted by atomic mass is 9.87. The molecule has 2 amide bonds. The van der Waals surface area contributed by atoms with Crippen molar-refractivity contribution in [3.05, 3.63) is 71.3 Å². The molecular formula is C21H25N3O2. The summed E-state index contributed by atoms with van der Waals surface area (Å²) in [6, 6.07) is 17.5. The molecule has 2 rings (SSSR count). The lowest BCUT2D eigenvalue weighted by Gasteiger charge is -2.18. The predicted molar refractivity (Wildman–Crippen MR) is 104 cm³/mol. The third-order valence-corrected chi connectivity index (χ3v) is 3.83. The van der Waals surface area contributed by atoms with Crippen molar-refractivity contribution in [3.63, 3.8) is 0 Å². The highest BCUT2D eigenvalue weighted by Gasteiger charge is 2.12. The Morgan fingerprint density at radius 1 is 0.962 bits per heavy atom. The van der Waals surface area contributed by atoms with Gasteiger partial charge >= 0.3 is 0 Å². The molecule has 0 spiro atoms. The molecule has 0 aliphatic heterocycles. The minimum atomic E-state index is -0.446. The Morgan fingerprint density at radius 3 is 2.23 bits per heavy atom. The summed E-state index contributed by atoms with van der Waals surface area (Å²) in [5.41, 5.74) is 5.56. The molecule has 0 fully saturated rings. The van der Waals surface area contributed by atoms with Crippen LogP contribution in [-0.4, -0.2) is 18.0 Å². The molecule has 0 atom stereocenters. The Bertz CT molecular complexity index is 760. The first-order valence-corrected chi connectivity index (χ1v) is 8.57. The molecule has 2 aromatic rings. The van der Waals surface area contributed by atoms with Crippen LogP contribution < -0.4 is 10.7 Å². The van der Waals surface area contributed by atoms with E-state index in [0.29, 0.717) is 6.54 Å². The summed E-state index contributed by atoms with van der Waals surface area (Å²) < 4.78 is 0. The van der Waals surface area contributed by atoms with Gasteiger partial charge in [-0.15, -0.1) is 0 Å². The third-order valence-electron chi connectivity index (χ3n) is 3.83. The highest BCUT2D eigenvalue weighted by Crippen LogP contribution is 2.21. The third kappa shape index (κ3) is 6.51. The number of hydrazone groups is 1. The molecule has 2 N–H and O–H groups in total. The largest absolute Gasteiger partial charge is 0.352 e. The highest BCUT2D eigenvalue weighted by molar-refractivity contribution is 5.97. The van der Waals surface area contributed by atoms with Gasteiger partial charge in [0.1, 0.15) is 6.42 Å². The van der Waals surface area contributed by atoms with E-state index in [0.717, 1.165) is 11.1 Å². The van der Waals surface area contributed by atoms with Gasteiger partial charge < -0.3 is 5.32 Å². The molecule has 0 bridgehead atoms. The molecule has 0 aromatic heterocycles. The lowest BCUT2D eigenvalue weighted by molar-refractivity contribution is -0.129. The number of nitrogens with one attached hydrogen (secondary N) is 2. The van der Waals surface area contributed by atoms with E-state index >= 15 is 0 Å². The minimum Gasteiger partial charge on any atom is -0.352 e. The monoisotopic (exact) mass is 351 g/mol. The molecule has 0 heterocycles. The fraction of sp³-hybridized carbons (Fsp3) is 0.286. The number of benzene rings is 2. The zero-order valence-electron chi connectivity index (χ0n) is 15.5. The zero-order valence-corrected chi connectivity index (χ0v) is 15.5. The molecule has 0 saturated heterocycles. The number of carbonyl (C=O) groups excluding carboxylic acids is 2. The van der Waals surface area contributed by atoms with E-state index in [2.05, 4.69) is 36.6 Å². The van der Waals surface area contributed by atoms with Gasteiger partial charge in [0.2, 0.25) is 11.8 Å². The van der Waals surface area contributed by atoms with Crippen LogP contribution in [0.2, 0.25) is 0 Å². The smallest absolute Gasteiger partial charge is 0.249 e. The zero-order chi connectivity index (χ0) is 19.0. The summed E-state index contributed by atoms with van der Waals surface area (Å²) in [6.07, 6.45) is 1.30. The van der Waals surface area contributed by atoms with Crippen molar-refractivity contribution in [2.24, 2.45) is 5.10 Å². The summed E-state index contributed by atoms with van der Waals surface area (Å²) in [5.74, 6) is -0.783. The van der Waals surface area contributed by atoms with Crippen molar-refractivity contribution in [2.75, 3.05) is 0 Å². The Labute approximate surface area is 154 Å². The van der Waals surface area contributed by atoms with E-state index in [-0.39, 0.29) is 17.7 Å². The quantitative estimate of drug-likeness (QED) is 0.477. The van der Waals surface area contributed by atoms with Crippen molar-refractivity contribution < 1.29 is 9.59 Å². The molecule has 136 valence electrons. The maximum absolute atomic E-state index is 11.8. The Balaban J connectivity index is 1.75. The number of hydrogen-bond donors (Lipinski definition) is 2. The van der Waals surface area contributed by atoms with Crippen LogP contribution in [0.5, 0.6) is 0 Å². The highest BCUT2D eigenvalue weighted by atomic mass is 16.2. The van der Waals surface area contributed by atoms with Gasteiger partial charge in [0.15, 0.2) is 0 Å². The van der Waals surface area contributed by atoms with Crippen LogP contribution in [0.25, 0.3) is 0 Å². The molecule has 0 aliphatic rings. The van der Waals surface area contributed by atoms with Gasteiger partial charge in [-0.3, -0.25) is 9.59 Å². The molecule has 0 saturated carbocycles. The van der Waals surface area contributed by atoms with Crippen LogP contribution in [0.3, 0.4) is 0 Å². The van der Waals surface area contributed by atoms with Crippen molar-refractivity contribution in [2.45, 2.75) is 39.2 Å². The summed E-state index contributed by atoms with van der Waals surface area (Å²) in [7, 11) is 0. The van der Waals surface area contributed by atoms with Gasteiger partial charge in [-0.05, 0) is 22.1 Å². The van der Waals surface area contributed by atoms with Crippen molar-refractivity contribution in [3.8, 4) is 0 Å². The van der Waals surface area contributed by atoms with E-state index in [9.17, 15) is 9.59 Å². The molecule has 26 heavy (non-hydrogen) atoms. The van der Waals surface area contributed by atoms with Crippen LogP contribution in [0, 0.1) is 0 Å². The first-order chi connectivity index (χ1) is 12.3. The van der Waals surface area contributed by atoms with Crippen LogP contribution in [0.4, 0.5) is 0 Å². The van der Waals surface area contributed by atoms with Gasteiger partial charge in [-0.2, -0.15) is 5.10 Å². The Kier molecular flexibility index (Phi) is 6.67. The first-order valence-electron chi connectivity index (χ1n) is 8.57. The average Bonchev–Trinajstić information content (AvgIpc) is 2.60. The van der Waals surface area contributed by atoms with Gasteiger partial charge in [-0.1, -0.05) is 75.4 Å². The van der Waals surface area contributed by atoms with E-state index < -0.39 is 5.91 Å². The molecule has 0 unspecified atom stereocenters. The van der Waals surface area contributed by atoms with E-state index in [1.54, 1.807) is 6.21 Å². The van der Waals surface area contributed by atoms with E-state index in [1.807, 2.05) is 54.6 Å². The molecule has 5 nitrogen and oxygen atoms in total. The topological polar surface area (TPSA) is 70.6 Å². The molecular weight excluding hydrogens is 326 g/mol. The van der Waals surface area contributed by atoms with Crippen molar-refractivity contribution in [1.82, 2.24) is 10.7 Å². The summed E-state index contributed by atoms with van der Waals surface area (Å²) in [6.45, 7) is 6.85. The Hall–Kier alpha value is -2.95. The van der Waals surface area contributed by atoms with Crippen LogP contribution in [0.1, 0.15) is 43.9 Å². The summed E-state index contributed by atoms with van der Waals surface area (Å²) in [5, 5.41) is 6.61. The van der Waals surface area contributed by atoms with E-state index in [4.69, 9.17) is 0 Å². The fourth-order valence-corrected chi connectivity index (χ4v) is 2.29. The number of carbonyl (C=O) groups is 2. The van der Waals surface area contributed by atoms with Gasteiger partial charge in [0.05, 0.1) is 6.21 Å². The number of nitrogens with zero attached hydrogens (tertiary/aromatic N) is 1. The van der Waals surface area contributed by atoms with Crippen LogP contribution in [0.15, 0.2) is 59.7 Å². The normalized spacial score (nSPS) is 11.3. The van der Waals surface area contributed by atoms with Crippen LogP contribution >= 0.6 is 0 Å². The number of hydrogen-bond acceptors (Lipinski definition) is 3. The summed E-state index contributed by atoms with van der Waals surface area (Å²) >= 11 is 0. The molecule has 0 aliphatic carbocycles. The maximum atomic E-state index is 11.8. The minimum absolute atomic E-state index is 0.0942. The summed E-state index contributed by atoms with van der Waals surface area (Å²) in [4.78, 5) is 23.5. The van der Waals surface area contributed by atoms with Gasteiger partial charge in [0, 0.05) is 6.54 Å². The predicted octanol–water partition coefficient (Wildman–Crippen LogP) is 3.14. The average molecular weight is 351 g/mol. The molecule has 0 radical (unpaired) electrons.